The van der Waals surface area contributed by atoms with Gasteiger partial charge in [-0.3, -0.25) is 14.4 Å². The maximum atomic E-state index is 12.3. The second-order valence-electron chi connectivity index (χ2n) is 4.64. The van der Waals surface area contributed by atoms with Crippen LogP contribution in [0.2, 0.25) is 0 Å². The quantitative estimate of drug-likeness (QED) is 0.842. The van der Waals surface area contributed by atoms with E-state index >= 15 is 0 Å². The molecule has 0 spiro atoms. The van der Waals surface area contributed by atoms with Crippen molar-refractivity contribution in [3.8, 4) is 0 Å². The molecular formula is C17H16N2O3. The van der Waals surface area contributed by atoms with Gasteiger partial charge in [0.2, 0.25) is 0 Å². The third kappa shape index (κ3) is 3.20. The molecule has 0 aliphatic carbocycles. The van der Waals surface area contributed by atoms with Crippen LogP contribution >= 0.6 is 0 Å². The zero-order chi connectivity index (χ0) is 16.1. The molecule has 2 N–H and O–H groups in total. The predicted octanol–water partition coefficient (Wildman–Crippen LogP) is 1.64. The highest BCUT2D eigenvalue weighted by molar-refractivity contribution is 6.09. The first-order chi connectivity index (χ1) is 10.6. The summed E-state index contributed by atoms with van der Waals surface area (Å²) in [6.45, 7) is 0. The molecule has 2 aromatic rings. The number of benzene rings is 2. The molecule has 0 bridgehead atoms. The molecule has 0 aliphatic heterocycles. The van der Waals surface area contributed by atoms with Gasteiger partial charge in [-0.05, 0) is 24.3 Å². The number of carbonyl (C=O) groups is 3. The van der Waals surface area contributed by atoms with Crippen molar-refractivity contribution >= 4 is 17.6 Å². The normalized spacial score (nSPS) is 9.91. The molecule has 22 heavy (non-hydrogen) atoms. The van der Waals surface area contributed by atoms with Gasteiger partial charge in [0, 0.05) is 36.3 Å². The number of rotatable bonds is 4. The summed E-state index contributed by atoms with van der Waals surface area (Å²) in [6, 6.07) is 12.9. The second-order valence-corrected chi connectivity index (χ2v) is 4.64. The van der Waals surface area contributed by atoms with Gasteiger partial charge in [-0.25, -0.2) is 0 Å². The Labute approximate surface area is 128 Å². The minimum atomic E-state index is -0.200. The van der Waals surface area contributed by atoms with Crippen molar-refractivity contribution in [2.75, 3.05) is 14.1 Å². The van der Waals surface area contributed by atoms with Crippen LogP contribution in [0.4, 0.5) is 0 Å². The number of hydrogen-bond donors (Lipinski definition) is 2. The molecule has 0 saturated heterocycles. The van der Waals surface area contributed by atoms with Gasteiger partial charge in [-0.2, -0.15) is 0 Å². The van der Waals surface area contributed by atoms with Gasteiger partial charge in [0.25, 0.3) is 11.8 Å². The molecule has 0 atom stereocenters. The van der Waals surface area contributed by atoms with Crippen LogP contribution < -0.4 is 10.6 Å². The summed E-state index contributed by atoms with van der Waals surface area (Å²) in [5.74, 6) is -0.560. The lowest BCUT2D eigenvalue weighted by atomic mass is 10.0. The lowest BCUT2D eigenvalue weighted by Crippen LogP contribution is -2.18. The molecule has 2 amide bonds. The van der Waals surface area contributed by atoms with E-state index in [1.165, 1.54) is 0 Å². The molecule has 2 rings (SSSR count). The van der Waals surface area contributed by atoms with E-state index < -0.39 is 0 Å². The minimum Gasteiger partial charge on any atom is -0.355 e. The Hall–Kier alpha value is -2.95. The number of hydrogen-bond acceptors (Lipinski definition) is 3. The Morgan fingerprint density at radius 3 is 1.14 bits per heavy atom. The van der Waals surface area contributed by atoms with Gasteiger partial charge >= 0.3 is 0 Å². The Morgan fingerprint density at radius 1 is 0.591 bits per heavy atom. The van der Waals surface area contributed by atoms with E-state index in [0.29, 0.717) is 22.3 Å². The smallest absolute Gasteiger partial charge is 0.251 e. The Kier molecular flexibility index (Phi) is 4.68. The van der Waals surface area contributed by atoms with Crippen molar-refractivity contribution in [2.24, 2.45) is 0 Å². The molecule has 0 radical (unpaired) electrons. The highest BCUT2D eigenvalue weighted by atomic mass is 16.2. The highest BCUT2D eigenvalue weighted by Gasteiger charge is 2.11. The lowest BCUT2D eigenvalue weighted by Gasteiger charge is -2.05. The first-order valence-corrected chi connectivity index (χ1v) is 6.76. The van der Waals surface area contributed by atoms with E-state index in [4.69, 9.17) is 0 Å². The van der Waals surface area contributed by atoms with Gasteiger partial charge in [-0.1, -0.05) is 24.3 Å². The van der Waals surface area contributed by atoms with Crippen molar-refractivity contribution < 1.29 is 14.4 Å². The van der Waals surface area contributed by atoms with Crippen molar-refractivity contribution in [2.45, 2.75) is 0 Å². The summed E-state index contributed by atoms with van der Waals surface area (Å²) in [4.78, 5) is 35.3. The summed E-state index contributed by atoms with van der Waals surface area (Å²) in [5.41, 5.74) is 1.96. The zero-order valence-electron chi connectivity index (χ0n) is 12.3. The average molecular weight is 296 g/mol. The van der Waals surface area contributed by atoms with Crippen molar-refractivity contribution in [1.82, 2.24) is 10.6 Å². The number of nitrogens with one attached hydrogen (secondary N) is 2. The maximum absolute atomic E-state index is 12.3. The fraction of sp³-hybridized carbons (Fsp3) is 0.118. The van der Waals surface area contributed by atoms with E-state index in [0.717, 1.165) is 0 Å². The summed E-state index contributed by atoms with van der Waals surface area (Å²) >= 11 is 0. The highest BCUT2D eigenvalue weighted by Crippen LogP contribution is 2.12. The summed E-state index contributed by atoms with van der Waals surface area (Å²) in [5, 5.41) is 5.04. The fourth-order valence-electron chi connectivity index (χ4n) is 2.00. The average Bonchev–Trinajstić information content (AvgIpc) is 2.60. The monoisotopic (exact) mass is 296 g/mol. The number of carbonyl (C=O) groups excluding carboxylic acids is 3. The van der Waals surface area contributed by atoms with E-state index in [1.807, 2.05) is 0 Å². The molecule has 5 heteroatoms. The predicted molar refractivity (Wildman–Crippen MR) is 83.1 cm³/mol. The van der Waals surface area contributed by atoms with E-state index in [2.05, 4.69) is 10.6 Å². The molecule has 5 nitrogen and oxygen atoms in total. The first kappa shape index (κ1) is 15.4. The van der Waals surface area contributed by atoms with Gasteiger partial charge in [0.05, 0.1) is 0 Å². The largest absolute Gasteiger partial charge is 0.355 e. The van der Waals surface area contributed by atoms with Crippen molar-refractivity contribution in [3.05, 3.63) is 70.8 Å². The van der Waals surface area contributed by atoms with Crippen molar-refractivity contribution in [3.63, 3.8) is 0 Å². The topological polar surface area (TPSA) is 75.3 Å². The van der Waals surface area contributed by atoms with Gasteiger partial charge in [0.1, 0.15) is 0 Å². The lowest BCUT2D eigenvalue weighted by molar-refractivity contribution is 0.0955. The summed E-state index contributed by atoms with van der Waals surface area (Å²) in [7, 11) is 3.10. The van der Waals surface area contributed by atoms with E-state index in [1.54, 1.807) is 62.6 Å². The van der Waals surface area contributed by atoms with E-state index in [9.17, 15) is 14.4 Å². The molecule has 0 saturated carbocycles. The van der Waals surface area contributed by atoms with Gasteiger partial charge < -0.3 is 10.6 Å². The SMILES string of the molecule is CNC(=O)c1ccc(C(=O)c2ccc(C(=O)NC)cc2)cc1. The first-order valence-electron chi connectivity index (χ1n) is 6.76. The molecule has 0 heterocycles. The maximum Gasteiger partial charge on any atom is 0.251 e. The third-order valence-corrected chi connectivity index (χ3v) is 3.27. The van der Waals surface area contributed by atoms with Crippen LogP contribution in [0.1, 0.15) is 36.6 Å². The fourth-order valence-corrected chi connectivity index (χ4v) is 2.00. The zero-order valence-corrected chi connectivity index (χ0v) is 12.3. The Bertz CT molecular complexity index is 642. The van der Waals surface area contributed by atoms with Crippen LogP contribution in [0.3, 0.4) is 0 Å². The standard InChI is InChI=1S/C17H16N2O3/c1-18-16(21)13-7-3-11(4-8-13)15(20)12-5-9-14(10-6-12)17(22)19-2/h3-10H,1-2H3,(H,18,21)(H,19,22). The Morgan fingerprint density at radius 2 is 0.864 bits per heavy atom. The summed E-state index contributed by atoms with van der Waals surface area (Å²) in [6.07, 6.45) is 0. The Balaban J connectivity index is 2.21. The third-order valence-electron chi connectivity index (χ3n) is 3.27. The van der Waals surface area contributed by atoms with Gasteiger partial charge in [-0.15, -0.1) is 0 Å². The molecule has 0 aromatic heterocycles. The molecule has 2 aromatic carbocycles. The van der Waals surface area contributed by atoms with Crippen LogP contribution in [-0.4, -0.2) is 31.7 Å². The van der Waals surface area contributed by atoms with Crippen LogP contribution in [0, 0.1) is 0 Å². The van der Waals surface area contributed by atoms with Crippen LogP contribution in [0.5, 0.6) is 0 Å². The summed E-state index contributed by atoms with van der Waals surface area (Å²) < 4.78 is 0. The minimum absolute atomic E-state index is 0.160. The molecule has 0 unspecified atom stereocenters. The van der Waals surface area contributed by atoms with Crippen LogP contribution in [0.15, 0.2) is 48.5 Å². The number of amides is 2. The molecule has 0 fully saturated rings. The molecular weight excluding hydrogens is 280 g/mol. The second kappa shape index (κ2) is 6.67. The van der Waals surface area contributed by atoms with Crippen molar-refractivity contribution in [1.29, 1.82) is 0 Å². The van der Waals surface area contributed by atoms with Crippen LogP contribution in [0.25, 0.3) is 0 Å². The number of ketones is 1. The molecule has 112 valence electrons. The van der Waals surface area contributed by atoms with E-state index in [-0.39, 0.29) is 17.6 Å². The molecule has 0 aliphatic rings. The van der Waals surface area contributed by atoms with Crippen LogP contribution in [-0.2, 0) is 0 Å². The van der Waals surface area contributed by atoms with Gasteiger partial charge in [0.15, 0.2) is 5.78 Å².